The fourth-order valence-electron chi connectivity index (χ4n) is 2.97. The predicted octanol–water partition coefficient (Wildman–Crippen LogP) is 5.43. The number of non-ortho nitro benzene ring substituents is 1. The number of ether oxygens (including phenoxy) is 2. The number of alkyl halides is 2. The second kappa shape index (κ2) is 9.21. The Balaban J connectivity index is 1.96. The summed E-state index contributed by atoms with van der Waals surface area (Å²) < 4.78 is 35.4. The van der Waals surface area contributed by atoms with Gasteiger partial charge in [0, 0.05) is 28.9 Å². The third-order valence-electron chi connectivity index (χ3n) is 4.53. The van der Waals surface area contributed by atoms with Gasteiger partial charge in [-0.1, -0.05) is 18.2 Å². The number of aryl methyl sites for hydroxylation is 1. The smallest absolute Gasteiger partial charge is 0.387 e. The second-order valence-corrected chi connectivity index (χ2v) is 6.53. The van der Waals surface area contributed by atoms with Gasteiger partial charge in [0.25, 0.3) is 11.6 Å². The van der Waals surface area contributed by atoms with E-state index < -0.39 is 17.4 Å². The van der Waals surface area contributed by atoms with Crippen molar-refractivity contribution in [2.75, 3.05) is 12.4 Å². The molecule has 7 nitrogen and oxygen atoms in total. The number of nitrogens with zero attached hydrogens (tertiary/aromatic N) is 1. The van der Waals surface area contributed by atoms with E-state index in [1.807, 2.05) is 0 Å². The van der Waals surface area contributed by atoms with Crippen LogP contribution in [0.25, 0.3) is 11.1 Å². The Morgan fingerprint density at radius 1 is 1.06 bits per heavy atom. The van der Waals surface area contributed by atoms with E-state index in [1.165, 1.54) is 43.5 Å². The van der Waals surface area contributed by atoms with Gasteiger partial charge in [0.2, 0.25) is 0 Å². The van der Waals surface area contributed by atoms with Crippen molar-refractivity contribution in [2.24, 2.45) is 0 Å². The summed E-state index contributed by atoms with van der Waals surface area (Å²) >= 11 is 0. The van der Waals surface area contributed by atoms with Crippen molar-refractivity contribution in [2.45, 2.75) is 13.5 Å². The third kappa shape index (κ3) is 5.13. The van der Waals surface area contributed by atoms with E-state index in [0.29, 0.717) is 28.1 Å². The van der Waals surface area contributed by atoms with Crippen LogP contribution in [0.3, 0.4) is 0 Å². The zero-order chi connectivity index (χ0) is 22.5. The average molecular weight is 428 g/mol. The van der Waals surface area contributed by atoms with Crippen LogP contribution in [0.2, 0.25) is 0 Å². The fraction of sp³-hybridized carbons (Fsp3) is 0.136. The number of hydrogen-bond donors (Lipinski definition) is 1. The lowest BCUT2D eigenvalue weighted by Crippen LogP contribution is -2.14. The van der Waals surface area contributed by atoms with E-state index in [9.17, 15) is 23.7 Å². The SMILES string of the molecule is COc1ccc(-c2cc(NC(=O)c3cc([N+](=O)[O-])ccc3C)ccc2OC(F)F)cc1. The first-order chi connectivity index (χ1) is 14.8. The van der Waals surface area contributed by atoms with Crippen LogP contribution in [0.5, 0.6) is 11.5 Å². The summed E-state index contributed by atoms with van der Waals surface area (Å²) in [6.45, 7) is -1.37. The summed E-state index contributed by atoms with van der Waals surface area (Å²) in [5.74, 6) is -0.0419. The first-order valence-electron chi connectivity index (χ1n) is 9.08. The molecule has 0 aliphatic heterocycles. The van der Waals surface area contributed by atoms with E-state index in [4.69, 9.17) is 4.74 Å². The molecule has 0 spiro atoms. The van der Waals surface area contributed by atoms with Crippen molar-refractivity contribution in [3.8, 4) is 22.6 Å². The number of hydrogen-bond acceptors (Lipinski definition) is 5. The van der Waals surface area contributed by atoms with E-state index in [-0.39, 0.29) is 17.0 Å². The number of nitro groups is 1. The molecule has 9 heteroatoms. The van der Waals surface area contributed by atoms with Crippen LogP contribution in [-0.2, 0) is 0 Å². The molecule has 0 bridgehead atoms. The molecule has 0 aromatic heterocycles. The van der Waals surface area contributed by atoms with Gasteiger partial charge < -0.3 is 14.8 Å². The van der Waals surface area contributed by atoms with Gasteiger partial charge in [-0.05, 0) is 48.4 Å². The molecule has 0 aliphatic rings. The summed E-state index contributed by atoms with van der Waals surface area (Å²) in [5, 5.41) is 13.7. The number of carbonyl (C=O) groups excluding carboxylic acids is 1. The van der Waals surface area contributed by atoms with Gasteiger partial charge in [-0.15, -0.1) is 0 Å². The number of anilines is 1. The molecule has 0 fully saturated rings. The molecule has 0 saturated heterocycles. The van der Waals surface area contributed by atoms with Crippen molar-refractivity contribution in [1.82, 2.24) is 0 Å². The molecule has 0 aliphatic carbocycles. The minimum atomic E-state index is -3.02. The maximum Gasteiger partial charge on any atom is 0.387 e. The Kier molecular flexibility index (Phi) is 6.44. The van der Waals surface area contributed by atoms with Crippen LogP contribution in [0.4, 0.5) is 20.2 Å². The highest BCUT2D eigenvalue weighted by Gasteiger charge is 2.17. The van der Waals surface area contributed by atoms with Crippen LogP contribution in [-0.4, -0.2) is 24.6 Å². The lowest BCUT2D eigenvalue weighted by molar-refractivity contribution is -0.384. The monoisotopic (exact) mass is 428 g/mol. The normalized spacial score (nSPS) is 10.6. The minimum Gasteiger partial charge on any atom is -0.497 e. The number of nitrogens with one attached hydrogen (secondary N) is 1. The van der Waals surface area contributed by atoms with Crippen molar-refractivity contribution in [1.29, 1.82) is 0 Å². The number of methoxy groups -OCH3 is 1. The molecule has 0 saturated carbocycles. The maximum absolute atomic E-state index is 12.8. The van der Waals surface area contributed by atoms with Gasteiger partial charge in [-0.25, -0.2) is 0 Å². The van der Waals surface area contributed by atoms with Crippen LogP contribution < -0.4 is 14.8 Å². The highest BCUT2D eigenvalue weighted by molar-refractivity contribution is 6.06. The lowest BCUT2D eigenvalue weighted by Gasteiger charge is -2.14. The molecule has 0 radical (unpaired) electrons. The van der Waals surface area contributed by atoms with Crippen LogP contribution in [0, 0.1) is 17.0 Å². The molecule has 3 rings (SSSR count). The zero-order valence-corrected chi connectivity index (χ0v) is 16.6. The molecule has 31 heavy (non-hydrogen) atoms. The van der Waals surface area contributed by atoms with Crippen molar-refractivity contribution in [3.63, 3.8) is 0 Å². The molecule has 0 heterocycles. The molecule has 0 unspecified atom stereocenters. The summed E-state index contributed by atoms with van der Waals surface area (Å²) in [6, 6.07) is 14.9. The van der Waals surface area contributed by atoms with E-state index in [1.54, 1.807) is 31.2 Å². The number of amides is 1. The van der Waals surface area contributed by atoms with Gasteiger partial charge in [-0.3, -0.25) is 14.9 Å². The van der Waals surface area contributed by atoms with Gasteiger partial charge in [0.05, 0.1) is 12.0 Å². The summed E-state index contributed by atoms with van der Waals surface area (Å²) in [4.78, 5) is 23.1. The maximum atomic E-state index is 12.8. The lowest BCUT2D eigenvalue weighted by atomic mass is 10.0. The van der Waals surface area contributed by atoms with Crippen LogP contribution in [0.1, 0.15) is 15.9 Å². The van der Waals surface area contributed by atoms with Gasteiger partial charge in [0.1, 0.15) is 11.5 Å². The number of halogens is 2. The Labute approximate surface area is 176 Å². The largest absolute Gasteiger partial charge is 0.497 e. The predicted molar refractivity (Wildman–Crippen MR) is 111 cm³/mol. The van der Waals surface area contributed by atoms with Gasteiger partial charge >= 0.3 is 6.61 Å². The first-order valence-corrected chi connectivity index (χ1v) is 9.08. The van der Waals surface area contributed by atoms with E-state index in [2.05, 4.69) is 10.1 Å². The number of benzene rings is 3. The number of carbonyl (C=O) groups is 1. The van der Waals surface area contributed by atoms with Gasteiger partial charge in [0.15, 0.2) is 0 Å². The quantitative estimate of drug-likeness (QED) is 0.400. The number of nitro benzene ring substituents is 1. The molecular weight excluding hydrogens is 410 g/mol. The second-order valence-electron chi connectivity index (χ2n) is 6.53. The minimum absolute atomic E-state index is 0.0651. The summed E-state index contributed by atoms with van der Waals surface area (Å²) in [7, 11) is 1.51. The molecule has 3 aromatic rings. The van der Waals surface area contributed by atoms with Gasteiger partial charge in [-0.2, -0.15) is 8.78 Å². The zero-order valence-electron chi connectivity index (χ0n) is 16.6. The van der Waals surface area contributed by atoms with Crippen molar-refractivity contribution in [3.05, 3.63) is 81.9 Å². The van der Waals surface area contributed by atoms with Crippen molar-refractivity contribution >= 4 is 17.3 Å². The average Bonchev–Trinajstić information content (AvgIpc) is 2.74. The molecule has 0 atom stereocenters. The fourth-order valence-corrected chi connectivity index (χ4v) is 2.97. The Morgan fingerprint density at radius 3 is 2.39 bits per heavy atom. The van der Waals surface area contributed by atoms with Crippen LogP contribution >= 0.6 is 0 Å². The Morgan fingerprint density at radius 2 is 1.77 bits per heavy atom. The summed E-state index contributed by atoms with van der Waals surface area (Å²) in [5.41, 5.74) is 1.68. The summed E-state index contributed by atoms with van der Waals surface area (Å²) in [6.07, 6.45) is 0. The van der Waals surface area contributed by atoms with Crippen molar-refractivity contribution < 1.29 is 28.0 Å². The Hall–Kier alpha value is -4.01. The molecular formula is C22H18F2N2O5. The molecule has 160 valence electrons. The number of rotatable bonds is 7. The van der Waals surface area contributed by atoms with E-state index in [0.717, 1.165) is 0 Å². The van der Waals surface area contributed by atoms with E-state index >= 15 is 0 Å². The highest BCUT2D eigenvalue weighted by Crippen LogP contribution is 2.35. The molecule has 3 aromatic carbocycles. The third-order valence-corrected chi connectivity index (χ3v) is 4.53. The van der Waals surface area contributed by atoms with Crippen LogP contribution in [0.15, 0.2) is 60.7 Å². The first kappa shape index (κ1) is 21.7. The highest BCUT2D eigenvalue weighted by atomic mass is 19.3. The standard InChI is InChI=1S/C22H18F2N2O5/c1-13-3-7-16(26(28)29)12-18(13)21(27)25-15-6-10-20(31-22(23)24)19(11-15)14-4-8-17(30-2)9-5-14/h3-12,22H,1-2H3,(H,25,27). The topological polar surface area (TPSA) is 90.7 Å². The molecule has 1 amide bonds. The Bertz CT molecular complexity index is 1120. The molecule has 1 N–H and O–H groups in total.